The second-order valence-electron chi connectivity index (χ2n) is 5.68. The summed E-state index contributed by atoms with van der Waals surface area (Å²) in [6.07, 6.45) is 5.56. The van der Waals surface area contributed by atoms with E-state index in [0.717, 1.165) is 11.1 Å². The molecule has 1 aliphatic rings. The smallest absolute Gasteiger partial charge is 0.124 e. The quantitative estimate of drug-likeness (QED) is 0.817. The van der Waals surface area contributed by atoms with Crippen LogP contribution in [0.4, 0.5) is 0 Å². The van der Waals surface area contributed by atoms with E-state index in [4.69, 9.17) is 9.68 Å². The Hall–Kier alpha value is -1.58. The molecular weight excluding hydrogens is 238 g/mol. The maximum absolute atomic E-state index is 5.74. The molecule has 1 fully saturated rings. The zero-order valence-electron chi connectivity index (χ0n) is 12.0. The van der Waals surface area contributed by atoms with Gasteiger partial charge in [-0.05, 0) is 44.9 Å². The van der Waals surface area contributed by atoms with E-state index in [1.165, 1.54) is 5.23 Å². The number of hydroxylamine groups is 2. The predicted molar refractivity (Wildman–Crippen MR) is 77.7 cm³/mol. The standard InChI is InChI=1S/C16H21NO2/c1-6-13-7-9-14(10-8-13)11-12-17-18-15(2,3)16(4,5)19-17/h6-12H,1H2,2-5H3/b12-11+. The summed E-state index contributed by atoms with van der Waals surface area (Å²) >= 11 is 0. The van der Waals surface area contributed by atoms with Gasteiger partial charge in [-0.15, -0.1) is 5.23 Å². The zero-order chi connectivity index (χ0) is 14.1. The predicted octanol–water partition coefficient (Wildman–Crippen LogP) is 4.04. The van der Waals surface area contributed by atoms with Gasteiger partial charge < -0.3 is 0 Å². The van der Waals surface area contributed by atoms with E-state index in [2.05, 4.69) is 6.58 Å². The maximum Gasteiger partial charge on any atom is 0.124 e. The van der Waals surface area contributed by atoms with Crippen LogP contribution in [0.25, 0.3) is 12.2 Å². The molecule has 2 rings (SSSR count). The molecule has 1 saturated heterocycles. The van der Waals surface area contributed by atoms with E-state index in [1.54, 1.807) is 6.20 Å². The van der Waals surface area contributed by atoms with Crippen molar-refractivity contribution in [1.82, 2.24) is 5.23 Å². The summed E-state index contributed by atoms with van der Waals surface area (Å²) in [7, 11) is 0. The molecule has 102 valence electrons. The molecule has 3 heteroatoms. The van der Waals surface area contributed by atoms with E-state index >= 15 is 0 Å². The van der Waals surface area contributed by atoms with Crippen molar-refractivity contribution in [1.29, 1.82) is 0 Å². The first-order valence-electron chi connectivity index (χ1n) is 6.42. The van der Waals surface area contributed by atoms with Gasteiger partial charge in [-0.25, -0.2) is 9.68 Å². The molecule has 1 aromatic rings. The van der Waals surface area contributed by atoms with Crippen molar-refractivity contribution in [3.05, 3.63) is 48.2 Å². The first-order chi connectivity index (χ1) is 8.84. The molecule has 1 aromatic carbocycles. The monoisotopic (exact) mass is 259 g/mol. The van der Waals surface area contributed by atoms with Crippen molar-refractivity contribution >= 4 is 12.2 Å². The molecule has 0 radical (unpaired) electrons. The van der Waals surface area contributed by atoms with Crippen LogP contribution < -0.4 is 0 Å². The van der Waals surface area contributed by atoms with Crippen LogP contribution >= 0.6 is 0 Å². The van der Waals surface area contributed by atoms with Gasteiger partial charge in [0.1, 0.15) is 11.2 Å². The van der Waals surface area contributed by atoms with Crippen molar-refractivity contribution in [3.63, 3.8) is 0 Å². The largest absolute Gasteiger partial charge is 0.240 e. The van der Waals surface area contributed by atoms with Gasteiger partial charge in [0.25, 0.3) is 0 Å². The highest BCUT2D eigenvalue weighted by molar-refractivity contribution is 5.54. The molecule has 0 spiro atoms. The van der Waals surface area contributed by atoms with E-state index in [9.17, 15) is 0 Å². The van der Waals surface area contributed by atoms with Crippen LogP contribution in [0, 0.1) is 0 Å². The highest BCUT2D eigenvalue weighted by atomic mass is 17.0. The molecule has 3 nitrogen and oxygen atoms in total. The SMILES string of the molecule is C=Cc1ccc(/C=C/N2OC(C)(C)C(C)(C)O2)cc1. The molecule has 0 atom stereocenters. The molecule has 0 bridgehead atoms. The van der Waals surface area contributed by atoms with Crippen molar-refractivity contribution in [2.45, 2.75) is 38.9 Å². The van der Waals surface area contributed by atoms with Crippen LogP contribution in [0.2, 0.25) is 0 Å². The van der Waals surface area contributed by atoms with Crippen LogP contribution in [0.3, 0.4) is 0 Å². The van der Waals surface area contributed by atoms with Crippen molar-refractivity contribution in [3.8, 4) is 0 Å². The molecule has 0 aliphatic carbocycles. The van der Waals surface area contributed by atoms with Gasteiger partial charge in [-0.2, -0.15) is 0 Å². The van der Waals surface area contributed by atoms with E-state index < -0.39 is 0 Å². The lowest BCUT2D eigenvalue weighted by Gasteiger charge is -2.26. The Labute approximate surface area is 115 Å². The Bertz CT molecular complexity index is 470. The fourth-order valence-electron chi connectivity index (χ4n) is 1.64. The summed E-state index contributed by atoms with van der Waals surface area (Å²) in [4.78, 5) is 11.5. The van der Waals surface area contributed by atoms with Gasteiger partial charge in [0, 0.05) is 0 Å². The molecule has 0 N–H and O–H groups in total. The van der Waals surface area contributed by atoms with Crippen molar-refractivity contribution in [2.24, 2.45) is 0 Å². The lowest BCUT2D eigenvalue weighted by molar-refractivity contribution is -0.291. The third-order valence-corrected chi connectivity index (χ3v) is 3.65. The highest BCUT2D eigenvalue weighted by Crippen LogP contribution is 2.37. The minimum Gasteiger partial charge on any atom is -0.240 e. The van der Waals surface area contributed by atoms with Crippen molar-refractivity contribution in [2.75, 3.05) is 0 Å². The number of hydrogen-bond donors (Lipinski definition) is 0. The van der Waals surface area contributed by atoms with Gasteiger partial charge >= 0.3 is 0 Å². The van der Waals surface area contributed by atoms with E-state index in [-0.39, 0.29) is 11.2 Å². The third kappa shape index (κ3) is 2.88. The lowest BCUT2D eigenvalue weighted by Crippen LogP contribution is -2.41. The van der Waals surface area contributed by atoms with Crippen LogP contribution in [-0.2, 0) is 9.68 Å². The molecule has 0 aromatic heterocycles. The Morgan fingerprint density at radius 2 is 1.42 bits per heavy atom. The summed E-state index contributed by atoms with van der Waals surface area (Å²) in [5.74, 6) is 0. The molecular formula is C16H21NO2. The normalized spacial score (nSPS) is 20.9. The van der Waals surface area contributed by atoms with Gasteiger partial charge in [-0.3, -0.25) is 0 Å². The average molecular weight is 259 g/mol. The maximum atomic E-state index is 5.74. The second kappa shape index (κ2) is 4.83. The number of benzene rings is 1. The van der Waals surface area contributed by atoms with Crippen LogP contribution in [0.15, 0.2) is 37.0 Å². The molecule has 19 heavy (non-hydrogen) atoms. The second-order valence-corrected chi connectivity index (χ2v) is 5.68. The van der Waals surface area contributed by atoms with Crippen LogP contribution in [-0.4, -0.2) is 16.4 Å². The minimum atomic E-state index is -0.357. The highest BCUT2D eigenvalue weighted by Gasteiger charge is 2.49. The molecule has 1 heterocycles. The molecule has 1 aliphatic heterocycles. The third-order valence-electron chi connectivity index (χ3n) is 3.65. The number of hydrogen-bond acceptors (Lipinski definition) is 3. The molecule has 0 amide bonds. The fraction of sp³-hybridized carbons (Fsp3) is 0.375. The van der Waals surface area contributed by atoms with Crippen LogP contribution in [0.1, 0.15) is 38.8 Å². The molecule has 0 unspecified atom stereocenters. The topological polar surface area (TPSA) is 21.7 Å². The van der Waals surface area contributed by atoms with Gasteiger partial charge in [0.15, 0.2) is 0 Å². The Morgan fingerprint density at radius 3 is 1.89 bits per heavy atom. The van der Waals surface area contributed by atoms with Gasteiger partial charge in [0.2, 0.25) is 0 Å². The van der Waals surface area contributed by atoms with Gasteiger partial charge in [0.05, 0.1) is 6.20 Å². The first kappa shape index (κ1) is 13.8. The fourth-order valence-corrected chi connectivity index (χ4v) is 1.64. The Kier molecular flexibility index (Phi) is 3.52. The number of nitrogens with zero attached hydrogens (tertiary/aromatic N) is 1. The van der Waals surface area contributed by atoms with Crippen LogP contribution in [0.5, 0.6) is 0 Å². The summed E-state index contributed by atoms with van der Waals surface area (Å²) in [5.41, 5.74) is 1.47. The van der Waals surface area contributed by atoms with E-state index in [0.29, 0.717) is 0 Å². The van der Waals surface area contributed by atoms with Gasteiger partial charge in [-0.1, -0.05) is 36.9 Å². The summed E-state index contributed by atoms with van der Waals surface area (Å²) in [6.45, 7) is 11.8. The summed E-state index contributed by atoms with van der Waals surface area (Å²) in [5, 5.41) is 1.43. The van der Waals surface area contributed by atoms with Crippen molar-refractivity contribution < 1.29 is 9.68 Å². The lowest BCUT2D eigenvalue weighted by atomic mass is 9.90. The Balaban J connectivity index is 2.06. The summed E-state index contributed by atoms with van der Waals surface area (Å²) < 4.78 is 0. The Morgan fingerprint density at radius 1 is 0.947 bits per heavy atom. The minimum absolute atomic E-state index is 0.357. The zero-order valence-corrected chi connectivity index (χ0v) is 12.0. The molecule has 0 saturated carbocycles. The number of rotatable bonds is 3. The average Bonchev–Trinajstić information content (AvgIpc) is 2.56. The first-order valence-corrected chi connectivity index (χ1v) is 6.42. The summed E-state index contributed by atoms with van der Waals surface area (Å²) in [6, 6.07) is 8.10. The van der Waals surface area contributed by atoms with E-state index in [1.807, 2.05) is 64.1 Å².